The second-order valence-corrected chi connectivity index (χ2v) is 7.60. The molecule has 0 saturated heterocycles. The first kappa shape index (κ1) is 17.0. The van der Waals surface area contributed by atoms with E-state index in [2.05, 4.69) is 0 Å². The number of rotatable bonds is 6. The zero-order valence-corrected chi connectivity index (χ0v) is 12.8. The third-order valence-electron chi connectivity index (χ3n) is 2.68. The van der Waals surface area contributed by atoms with Gasteiger partial charge in [-0.25, -0.2) is 26.4 Å². The third-order valence-corrected chi connectivity index (χ3v) is 5.59. The molecule has 0 aliphatic heterocycles. The quantitative estimate of drug-likeness (QED) is 0.840. The molecule has 0 fully saturated rings. The van der Waals surface area contributed by atoms with Crippen molar-refractivity contribution in [1.82, 2.24) is 4.31 Å². The molecule has 20 heavy (non-hydrogen) atoms. The van der Waals surface area contributed by atoms with E-state index in [1.165, 1.54) is 0 Å². The van der Waals surface area contributed by atoms with Crippen molar-refractivity contribution in [3.8, 4) is 0 Å². The molecule has 1 rings (SSSR count). The predicted molar refractivity (Wildman–Crippen MR) is 72.5 cm³/mol. The molecule has 0 heterocycles. The molecule has 0 aromatic heterocycles. The Balaban J connectivity index is 3.34. The van der Waals surface area contributed by atoms with Crippen molar-refractivity contribution < 1.29 is 21.2 Å². The Morgan fingerprint density at radius 1 is 1.20 bits per heavy atom. The minimum absolute atomic E-state index is 0.201. The molecule has 0 atom stereocenters. The van der Waals surface area contributed by atoms with Crippen molar-refractivity contribution in [3.05, 3.63) is 24.0 Å². The Bertz CT molecular complexity index is 686. The number of nitrogens with zero attached hydrogens (tertiary/aromatic N) is 1. The van der Waals surface area contributed by atoms with E-state index in [0.29, 0.717) is 12.5 Å². The van der Waals surface area contributed by atoms with Crippen LogP contribution in [0, 0.1) is 5.82 Å². The lowest BCUT2D eigenvalue weighted by Gasteiger charge is -2.20. The lowest BCUT2D eigenvalue weighted by Crippen LogP contribution is -2.32. The monoisotopic (exact) mass is 324 g/mol. The highest BCUT2D eigenvalue weighted by atomic mass is 32.2. The van der Waals surface area contributed by atoms with Crippen LogP contribution in [0.25, 0.3) is 0 Å². The molecular weight excluding hydrogens is 307 g/mol. The summed E-state index contributed by atoms with van der Waals surface area (Å²) in [6.07, 6.45) is 0.587. The first-order chi connectivity index (χ1) is 9.14. The minimum Gasteiger partial charge on any atom is -0.225 e. The van der Waals surface area contributed by atoms with Crippen LogP contribution in [0.3, 0.4) is 0 Å². The number of primary sulfonamides is 1. The van der Waals surface area contributed by atoms with Gasteiger partial charge in [0.15, 0.2) is 0 Å². The number of nitrogens with two attached hydrogens (primary N) is 1. The molecule has 0 radical (unpaired) electrons. The summed E-state index contributed by atoms with van der Waals surface area (Å²) in [4.78, 5) is -1.02. The van der Waals surface area contributed by atoms with Gasteiger partial charge in [0.1, 0.15) is 10.7 Å². The molecule has 1 aromatic rings. The first-order valence-electron chi connectivity index (χ1n) is 5.97. The predicted octanol–water partition coefficient (Wildman–Crippen LogP) is 0.894. The number of hydrogen-bond donors (Lipinski definition) is 1. The number of hydrogen-bond acceptors (Lipinski definition) is 4. The maximum atomic E-state index is 13.9. The van der Waals surface area contributed by atoms with Crippen molar-refractivity contribution in [3.63, 3.8) is 0 Å². The fourth-order valence-electron chi connectivity index (χ4n) is 1.70. The number of benzene rings is 1. The first-order valence-corrected chi connectivity index (χ1v) is 8.95. The average molecular weight is 324 g/mol. The van der Waals surface area contributed by atoms with Crippen molar-refractivity contribution >= 4 is 20.0 Å². The highest BCUT2D eigenvalue weighted by Crippen LogP contribution is 2.22. The van der Waals surface area contributed by atoms with Crippen molar-refractivity contribution in [1.29, 1.82) is 0 Å². The van der Waals surface area contributed by atoms with E-state index in [1.807, 2.05) is 0 Å². The molecule has 0 spiro atoms. The lowest BCUT2D eigenvalue weighted by molar-refractivity contribution is 0.422. The van der Waals surface area contributed by atoms with Gasteiger partial charge >= 0.3 is 0 Å². The van der Waals surface area contributed by atoms with Gasteiger partial charge in [0.25, 0.3) is 0 Å². The van der Waals surface area contributed by atoms with E-state index in [0.717, 1.165) is 16.4 Å². The minimum atomic E-state index is -4.07. The molecule has 114 valence electrons. The summed E-state index contributed by atoms with van der Waals surface area (Å²) in [6.45, 7) is 3.91. The molecule has 0 unspecified atom stereocenters. The molecule has 0 aliphatic rings. The maximum Gasteiger partial charge on any atom is 0.245 e. The molecule has 0 amide bonds. The van der Waals surface area contributed by atoms with Crippen molar-refractivity contribution in [2.75, 3.05) is 13.1 Å². The van der Waals surface area contributed by atoms with Crippen LogP contribution in [0.2, 0.25) is 0 Å². The number of sulfonamides is 2. The van der Waals surface area contributed by atoms with Gasteiger partial charge < -0.3 is 0 Å². The van der Waals surface area contributed by atoms with Crippen LogP contribution in [-0.4, -0.2) is 34.2 Å². The Morgan fingerprint density at radius 2 is 1.80 bits per heavy atom. The maximum absolute atomic E-state index is 13.9. The van der Waals surface area contributed by atoms with Crippen LogP contribution in [0.1, 0.15) is 20.3 Å². The van der Waals surface area contributed by atoms with Gasteiger partial charge in [-0.1, -0.05) is 13.8 Å². The van der Waals surface area contributed by atoms with Crippen LogP contribution in [0.15, 0.2) is 28.0 Å². The van der Waals surface area contributed by atoms with Crippen LogP contribution in [-0.2, 0) is 20.0 Å². The highest BCUT2D eigenvalue weighted by Gasteiger charge is 2.26. The van der Waals surface area contributed by atoms with Gasteiger partial charge in [-0.3, -0.25) is 0 Å². The van der Waals surface area contributed by atoms with Gasteiger partial charge in [0, 0.05) is 13.1 Å². The van der Waals surface area contributed by atoms with E-state index in [1.54, 1.807) is 13.8 Å². The van der Waals surface area contributed by atoms with E-state index < -0.39 is 35.7 Å². The summed E-state index contributed by atoms with van der Waals surface area (Å²) < 4.78 is 61.7. The largest absolute Gasteiger partial charge is 0.245 e. The van der Waals surface area contributed by atoms with E-state index in [-0.39, 0.29) is 13.1 Å². The standard InChI is InChI=1S/C11H17FN2O4S2/c1-3-7-14(4-2)20(17,18)11-6-5-9(8-10(11)12)19(13,15)16/h5-6,8H,3-4,7H2,1-2H3,(H2,13,15,16). The van der Waals surface area contributed by atoms with Gasteiger partial charge in [-0.05, 0) is 24.6 Å². The second-order valence-electron chi connectivity index (χ2n) is 4.13. The van der Waals surface area contributed by atoms with Gasteiger partial charge in [0.05, 0.1) is 4.90 Å². The zero-order valence-electron chi connectivity index (χ0n) is 11.2. The Labute approximate surface area is 118 Å². The summed E-state index contributed by atoms with van der Waals surface area (Å²) in [6, 6.07) is 2.51. The smallest absolute Gasteiger partial charge is 0.225 e. The summed E-state index contributed by atoms with van der Waals surface area (Å²) in [5.41, 5.74) is 0. The third kappa shape index (κ3) is 3.54. The Morgan fingerprint density at radius 3 is 2.20 bits per heavy atom. The summed E-state index contributed by atoms with van der Waals surface area (Å²) in [5, 5.41) is 4.86. The lowest BCUT2D eigenvalue weighted by atomic mass is 10.3. The molecule has 0 aliphatic carbocycles. The van der Waals surface area contributed by atoms with E-state index in [4.69, 9.17) is 5.14 Å². The fraction of sp³-hybridized carbons (Fsp3) is 0.455. The van der Waals surface area contributed by atoms with Crippen LogP contribution in [0.4, 0.5) is 4.39 Å². The molecule has 6 nitrogen and oxygen atoms in total. The summed E-state index contributed by atoms with van der Waals surface area (Å²) >= 11 is 0. The van der Waals surface area contributed by atoms with Gasteiger partial charge in [0.2, 0.25) is 20.0 Å². The molecule has 1 aromatic carbocycles. The van der Waals surface area contributed by atoms with E-state index >= 15 is 0 Å². The van der Waals surface area contributed by atoms with Gasteiger partial charge in [-0.15, -0.1) is 0 Å². The van der Waals surface area contributed by atoms with Crippen LogP contribution < -0.4 is 5.14 Å². The fourth-order valence-corrected chi connectivity index (χ4v) is 3.82. The second kappa shape index (κ2) is 6.17. The summed E-state index contributed by atoms with van der Waals surface area (Å²) in [5.74, 6) is -1.13. The highest BCUT2D eigenvalue weighted by molar-refractivity contribution is 7.89. The van der Waals surface area contributed by atoms with Crippen LogP contribution >= 0.6 is 0 Å². The van der Waals surface area contributed by atoms with E-state index in [9.17, 15) is 21.2 Å². The van der Waals surface area contributed by atoms with Crippen molar-refractivity contribution in [2.24, 2.45) is 5.14 Å². The van der Waals surface area contributed by atoms with Crippen LogP contribution in [0.5, 0.6) is 0 Å². The topological polar surface area (TPSA) is 97.5 Å². The number of halogens is 1. The molecule has 9 heteroatoms. The van der Waals surface area contributed by atoms with Crippen molar-refractivity contribution in [2.45, 2.75) is 30.1 Å². The molecular formula is C11H17FN2O4S2. The molecule has 0 saturated carbocycles. The van der Waals surface area contributed by atoms with Gasteiger partial charge in [-0.2, -0.15) is 4.31 Å². The SMILES string of the molecule is CCCN(CC)S(=O)(=O)c1ccc(S(N)(=O)=O)cc1F. The normalized spacial score (nSPS) is 12.8. The Hall–Kier alpha value is -1.03. The Kier molecular flexibility index (Phi) is 5.25. The average Bonchev–Trinajstić information content (AvgIpc) is 2.34. The zero-order chi connectivity index (χ0) is 15.6. The molecule has 0 bridgehead atoms. The molecule has 2 N–H and O–H groups in total. The summed E-state index contributed by atoms with van der Waals surface area (Å²) in [7, 11) is -8.06.